The number of carbonyl (C=O) groups excluding carboxylic acids is 1. The monoisotopic (exact) mass is 331 g/mol. The minimum absolute atomic E-state index is 0.339. The summed E-state index contributed by atoms with van der Waals surface area (Å²) in [4.78, 5) is 17.1. The molecule has 0 saturated carbocycles. The molecular formula is C17H15ClFN3O. The van der Waals surface area contributed by atoms with Crippen LogP contribution < -0.4 is 5.32 Å². The Balaban J connectivity index is 2.04. The van der Waals surface area contributed by atoms with E-state index in [0.717, 1.165) is 6.42 Å². The molecule has 1 N–H and O–H groups in total. The first-order valence-electron chi connectivity index (χ1n) is 7.32. The van der Waals surface area contributed by atoms with Gasteiger partial charge in [-0.3, -0.25) is 9.20 Å². The molecule has 0 aliphatic heterocycles. The van der Waals surface area contributed by atoms with Gasteiger partial charge in [-0.05, 0) is 36.8 Å². The predicted octanol–water partition coefficient (Wildman–Crippen LogP) is 4.33. The summed E-state index contributed by atoms with van der Waals surface area (Å²) in [6.07, 6.45) is 2.75. The number of amides is 1. The number of nitrogens with one attached hydrogen (secondary N) is 1. The highest BCUT2D eigenvalue weighted by molar-refractivity contribution is 6.30. The zero-order valence-electron chi connectivity index (χ0n) is 12.5. The van der Waals surface area contributed by atoms with Gasteiger partial charge >= 0.3 is 0 Å². The topological polar surface area (TPSA) is 46.4 Å². The van der Waals surface area contributed by atoms with Crippen LogP contribution in [-0.4, -0.2) is 15.3 Å². The van der Waals surface area contributed by atoms with Crippen LogP contribution in [0.4, 0.5) is 10.1 Å². The van der Waals surface area contributed by atoms with Gasteiger partial charge in [0.25, 0.3) is 5.91 Å². The lowest BCUT2D eigenvalue weighted by Gasteiger charge is -2.07. The second-order valence-corrected chi connectivity index (χ2v) is 5.63. The van der Waals surface area contributed by atoms with Crippen molar-refractivity contribution in [2.24, 2.45) is 0 Å². The molecule has 2 aromatic heterocycles. The number of rotatable bonds is 4. The van der Waals surface area contributed by atoms with Crippen molar-refractivity contribution in [3.8, 4) is 0 Å². The molecule has 0 bridgehead atoms. The van der Waals surface area contributed by atoms with Crippen LogP contribution in [0, 0.1) is 5.82 Å². The van der Waals surface area contributed by atoms with Crippen molar-refractivity contribution in [3.63, 3.8) is 0 Å². The lowest BCUT2D eigenvalue weighted by Crippen LogP contribution is -2.16. The van der Waals surface area contributed by atoms with E-state index in [0.29, 0.717) is 34.2 Å². The van der Waals surface area contributed by atoms with Gasteiger partial charge in [0, 0.05) is 16.9 Å². The number of pyridine rings is 1. The van der Waals surface area contributed by atoms with E-state index in [9.17, 15) is 9.18 Å². The van der Waals surface area contributed by atoms with E-state index in [-0.39, 0.29) is 5.91 Å². The van der Waals surface area contributed by atoms with Crippen LogP contribution >= 0.6 is 11.6 Å². The Bertz CT molecular complexity index is 875. The van der Waals surface area contributed by atoms with Crippen molar-refractivity contribution in [2.45, 2.75) is 19.8 Å². The maximum Gasteiger partial charge on any atom is 0.274 e. The Morgan fingerprint density at radius 3 is 2.91 bits per heavy atom. The van der Waals surface area contributed by atoms with E-state index < -0.39 is 5.82 Å². The molecule has 118 valence electrons. The molecule has 2 heterocycles. The van der Waals surface area contributed by atoms with Crippen molar-refractivity contribution >= 4 is 28.8 Å². The summed E-state index contributed by atoms with van der Waals surface area (Å²) in [6, 6.07) is 9.76. The van der Waals surface area contributed by atoms with Crippen LogP contribution in [0.3, 0.4) is 0 Å². The lowest BCUT2D eigenvalue weighted by molar-refractivity contribution is 0.102. The van der Waals surface area contributed by atoms with Gasteiger partial charge < -0.3 is 5.32 Å². The molecule has 0 spiro atoms. The molecule has 1 aromatic carbocycles. The van der Waals surface area contributed by atoms with Crippen LogP contribution in [0.5, 0.6) is 0 Å². The first-order chi connectivity index (χ1) is 11.1. The second-order valence-electron chi connectivity index (χ2n) is 5.20. The number of hydrogen-bond donors (Lipinski definition) is 1. The number of halogens is 2. The van der Waals surface area contributed by atoms with Gasteiger partial charge in [0.2, 0.25) is 0 Å². The minimum atomic E-state index is -0.422. The van der Waals surface area contributed by atoms with Gasteiger partial charge in [-0.1, -0.05) is 31.0 Å². The summed E-state index contributed by atoms with van der Waals surface area (Å²) in [5, 5.41) is 3.32. The van der Waals surface area contributed by atoms with E-state index in [4.69, 9.17) is 11.6 Å². The van der Waals surface area contributed by atoms with Gasteiger partial charge in [0.05, 0.1) is 5.69 Å². The van der Waals surface area contributed by atoms with Gasteiger partial charge in [-0.15, -0.1) is 0 Å². The Morgan fingerprint density at radius 1 is 1.35 bits per heavy atom. The van der Waals surface area contributed by atoms with Gasteiger partial charge in [-0.25, -0.2) is 9.37 Å². The fraction of sp³-hybridized carbons (Fsp3) is 0.176. The molecule has 1 amide bonds. The number of hydrogen-bond acceptors (Lipinski definition) is 2. The normalized spacial score (nSPS) is 10.9. The third-order valence-corrected chi connectivity index (χ3v) is 3.67. The zero-order valence-corrected chi connectivity index (χ0v) is 13.3. The summed E-state index contributed by atoms with van der Waals surface area (Å²) < 4.78 is 15.0. The third-order valence-electron chi connectivity index (χ3n) is 3.44. The van der Waals surface area contributed by atoms with Gasteiger partial charge in [0.15, 0.2) is 0 Å². The number of anilines is 1. The molecule has 3 rings (SSSR count). The van der Waals surface area contributed by atoms with Gasteiger partial charge in [-0.2, -0.15) is 0 Å². The Morgan fingerprint density at radius 2 is 2.17 bits per heavy atom. The maximum atomic E-state index is 13.6. The molecular weight excluding hydrogens is 317 g/mol. The number of aromatic nitrogens is 2. The van der Waals surface area contributed by atoms with Crippen LogP contribution in [0.2, 0.25) is 5.02 Å². The summed E-state index contributed by atoms with van der Waals surface area (Å²) in [6.45, 7) is 2.00. The largest absolute Gasteiger partial charge is 0.321 e. The van der Waals surface area contributed by atoms with Crippen LogP contribution in [0.15, 0.2) is 42.6 Å². The van der Waals surface area contributed by atoms with Gasteiger partial charge in [0.1, 0.15) is 17.2 Å². The molecule has 6 heteroatoms. The summed E-state index contributed by atoms with van der Waals surface area (Å²) in [7, 11) is 0. The maximum absolute atomic E-state index is 13.6. The van der Waals surface area contributed by atoms with Crippen molar-refractivity contribution < 1.29 is 9.18 Å². The average molecular weight is 332 g/mol. The summed E-state index contributed by atoms with van der Waals surface area (Å²) in [5.41, 5.74) is 2.13. The van der Waals surface area contributed by atoms with E-state index in [2.05, 4.69) is 10.3 Å². The Kier molecular flexibility index (Phi) is 4.30. The van der Waals surface area contributed by atoms with E-state index in [1.54, 1.807) is 30.3 Å². The second kappa shape index (κ2) is 6.38. The molecule has 0 atom stereocenters. The van der Waals surface area contributed by atoms with Crippen LogP contribution in [-0.2, 0) is 6.42 Å². The van der Waals surface area contributed by atoms with Crippen molar-refractivity contribution in [1.29, 1.82) is 0 Å². The fourth-order valence-electron chi connectivity index (χ4n) is 2.48. The first kappa shape index (κ1) is 15.5. The van der Waals surface area contributed by atoms with E-state index in [1.807, 2.05) is 6.92 Å². The number of aryl methyl sites for hydroxylation is 1. The highest BCUT2D eigenvalue weighted by Crippen LogP contribution is 2.19. The minimum Gasteiger partial charge on any atom is -0.321 e. The molecule has 0 fully saturated rings. The molecule has 23 heavy (non-hydrogen) atoms. The van der Waals surface area contributed by atoms with Crippen molar-refractivity contribution in [3.05, 3.63) is 64.8 Å². The SMILES string of the molecule is CCCc1nc2ccc(F)cn2c1C(=O)Nc1cccc(Cl)c1. The zero-order chi connectivity index (χ0) is 16.4. The lowest BCUT2D eigenvalue weighted by atomic mass is 10.2. The summed E-state index contributed by atoms with van der Waals surface area (Å²) in [5.74, 6) is -0.761. The van der Waals surface area contributed by atoms with E-state index >= 15 is 0 Å². The smallest absolute Gasteiger partial charge is 0.274 e. The number of nitrogens with zero attached hydrogens (tertiary/aromatic N) is 2. The number of fused-ring (bicyclic) bond motifs is 1. The van der Waals surface area contributed by atoms with Crippen molar-refractivity contribution in [1.82, 2.24) is 9.38 Å². The third kappa shape index (κ3) is 3.19. The fourth-order valence-corrected chi connectivity index (χ4v) is 2.67. The molecule has 3 aromatic rings. The van der Waals surface area contributed by atoms with E-state index in [1.165, 1.54) is 16.7 Å². The molecule has 0 radical (unpaired) electrons. The highest BCUT2D eigenvalue weighted by atomic mass is 35.5. The van der Waals surface area contributed by atoms with Crippen LogP contribution in [0.1, 0.15) is 29.5 Å². The molecule has 0 unspecified atom stereocenters. The molecule has 0 aliphatic carbocycles. The van der Waals surface area contributed by atoms with Crippen molar-refractivity contribution in [2.75, 3.05) is 5.32 Å². The number of imidazole rings is 1. The molecule has 4 nitrogen and oxygen atoms in total. The Hall–Kier alpha value is -2.40. The predicted molar refractivity (Wildman–Crippen MR) is 88.6 cm³/mol. The summed E-state index contributed by atoms with van der Waals surface area (Å²) >= 11 is 5.93. The number of benzene rings is 1. The van der Waals surface area contributed by atoms with Crippen LogP contribution in [0.25, 0.3) is 5.65 Å². The average Bonchev–Trinajstić information content (AvgIpc) is 2.85. The standard InChI is InChI=1S/C17H15ClFN3O/c1-2-4-14-16(22-10-12(19)7-8-15(22)21-14)17(23)20-13-6-3-5-11(18)9-13/h3,5-10H,2,4H2,1H3,(H,20,23). The highest BCUT2D eigenvalue weighted by Gasteiger charge is 2.19. The number of carbonyl (C=O) groups is 1. The quantitative estimate of drug-likeness (QED) is 0.773. The first-order valence-corrected chi connectivity index (χ1v) is 7.69. The molecule has 0 aliphatic rings. The Labute approximate surface area is 137 Å². The molecule has 0 saturated heterocycles.